The summed E-state index contributed by atoms with van der Waals surface area (Å²) in [4.78, 5) is 10.9. The SMILES string of the molecule is CC(C)(C)OCc1cc(F)ccc1C(=O)O. The molecule has 0 aliphatic rings. The normalized spacial score (nSPS) is 11.5. The first kappa shape index (κ1) is 12.6. The molecule has 0 saturated carbocycles. The summed E-state index contributed by atoms with van der Waals surface area (Å²) in [5.41, 5.74) is 0.0373. The highest BCUT2D eigenvalue weighted by molar-refractivity contribution is 5.89. The van der Waals surface area contributed by atoms with Crippen molar-refractivity contribution < 1.29 is 19.0 Å². The highest BCUT2D eigenvalue weighted by Crippen LogP contribution is 2.16. The minimum Gasteiger partial charge on any atom is -0.478 e. The Balaban J connectivity index is 2.93. The quantitative estimate of drug-likeness (QED) is 0.862. The van der Waals surface area contributed by atoms with E-state index in [1.807, 2.05) is 20.8 Å². The van der Waals surface area contributed by atoms with Crippen LogP contribution in [0.1, 0.15) is 36.7 Å². The second-order valence-corrected chi connectivity index (χ2v) is 4.51. The molecule has 0 amide bonds. The monoisotopic (exact) mass is 226 g/mol. The molecule has 0 spiro atoms. The summed E-state index contributed by atoms with van der Waals surface area (Å²) in [6.07, 6.45) is 0. The largest absolute Gasteiger partial charge is 0.478 e. The number of hydrogen-bond acceptors (Lipinski definition) is 2. The van der Waals surface area contributed by atoms with Gasteiger partial charge in [-0.15, -0.1) is 0 Å². The summed E-state index contributed by atoms with van der Waals surface area (Å²) < 4.78 is 18.4. The molecule has 0 unspecified atom stereocenters. The van der Waals surface area contributed by atoms with Crippen molar-refractivity contribution in [3.05, 3.63) is 35.1 Å². The Morgan fingerprint density at radius 1 is 1.44 bits per heavy atom. The number of carbonyl (C=O) groups is 1. The molecular weight excluding hydrogens is 211 g/mol. The number of aromatic carboxylic acids is 1. The first-order valence-electron chi connectivity index (χ1n) is 4.95. The molecule has 0 heterocycles. The lowest BCUT2D eigenvalue weighted by molar-refractivity contribution is -0.0155. The summed E-state index contributed by atoms with van der Waals surface area (Å²) >= 11 is 0. The molecule has 0 radical (unpaired) electrons. The van der Waals surface area contributed by atoms with E-state index >= 15 is 0 Å². The van der Waals surface area contributed by atoms with Gasteiger partial charge >= 0.3 is 5.97 Å². The van der Waals surface area contributed by atoms with Gasteiger partial charge in [0.15, 0.2) is 0 Å². The number of carboxylic acid groups (broad SMARTS) is 1. The van der Waals surface area contributed by atoms with Crippen LogP contribution in [0, 0.1) is 5.82 Å². The lowest BCUT2D eigenvalue weighted by atomic mass is 10.1. The van der Waals surface area contributed by atoms with E-state index in [2.05, 4.69) is 0 Å². The molecule has 0 fully saturated rings. The van der Waals surface area contributed by atoms with Crippen LogP contribution in [0.3, 0.4) is 0 Å². The Kier molecular flexibility index (Phi) is 3.65. The Morgan fingerprint density at radius 2 is 2.06 bits per heavy atom. The minimum atomic E-state index is -1.08. The van der Waals surface area contributed by atoms with Crippen molar-refractivity contribution in [1.29, 1.82) is 0 Å². The fourth-order valence-corrected chi connectivity index (χ4v) is 1.18. The van der Waals surface area contributed by atoms with Crippen molar-refractivity contribution in [2.75, 3.05) is 0 Å². The van der Waals surface area contributed by atoms with E-state index in [-0.39, 0.29) is 17.8 Å². The molecule has 0 aromatic heterocycles. The van der Waals surface area contributed by atoms with E-state index < -0.39 is 11.8 Å². The van der Waals surface area contributed by atoms with E-state index in [0.717, 1.165) is 6.07 Å². The molecule has 0 atom stereocenters. The first-order chi connectivity index (χ1) is 7.29. The van der Waals surface area contributed by atoms with Gasteiger partial charge in [0, 0.05) is 0 Å². The Labute approximate surface area is 93.9 Å². The van der Waals surface area contributed by atoms with Crippen molar-refractivity contribution in [3.63, 3.8) is 0 Å². The van der Waals surface area contributed by atoms with Gasteiger partial charge in [0.2, 0.25) is 0 Å². The molecule has 1 aromatic carbocycles. The maximum Gasteiger partial charge on any atom is 0.336 e. The van der Waals surface area contributed by atoms with Crippen molar-refractivity contribution >= 4 is 5.97 Å². The van der Waals surface area contributed by atoms with Crippen LogP contribution in [0.5, 0.6) is 0 Å². The number of hydrogen-bond donors (Lipinski definition) is 1. The molecule has 1 N–H and O–H groups in total. The predicted octanol–water partition coefficient (Wildman–Crippen LogP) is 2.84. The molecule has 1 aromatic rings. The molecule has 0 bridgehead atoms. The second kappa shape index (κ2) is 4.61. The van der Waals surface area contributed by atoms with Crippen LogP contribution >= 0.6 is 0 Å². The van der Waals surface area contributed by atoms with E-state index in [0.29, 0.717) is 5.56 Å². The molecule has 16 heavy (non-hydrogen) atoms. The van der Waals surface area contributed by atoms with Crippen LogP contribution in [0.4, 0.5) is 4.39 Å². The number of carboxylic acids is 1. The topological polar surface area (TPSA) is 46.5 Å². The van der Waals surface area contributed by atoms with Crippen LogP contribution in [-0.2, 0) is 11.3 Å². The third kappa shape index (κ3) is 3.62. The maximum absolute atomic E-state index is 13.0. The average Bonchev–Trinajstić information content (AvgIpc) is 2.13. The number of benzene rings is 1. The Morgan fingerprint density at radius 3 is 2.56 bits per heavy atom. The molecule has 0 aliphatic carbocycles. The van der Waals surface area contributed by atoms with Crippen LogP contribution in [0.2, 0.25) is 0 Å². The molecule has 0 aliphatic heterocycles. The standard InChI is InChI=1S/C12H15FO3/c1-12(2,3)16-7-8-6-9(13)4-5-10(8)11(14)15/h4-6H,7H2,1-3H3,(H,14,15). The maximum atomic E-state index is 13.0. The van der Waals surface area contributed by atoms with Crippen molar-refractivity contribution in [3.8, 4) is 0 Å². The highest BCUT2D eigenvalue weighted by Gasteiger charge is 2.15. The number of halogens is 1. The molecule has 88 valence electrons. The van der Waals surface area contributed by atoms with Crippen molar-refractivity contribution in [2.24, 2.45) is 0 Å². The van der Waals surface area contributed by atoms with Gasteiger partial charge in [-0.3, -0.25) is 0 Å². The third-order valence-electron chi connectivity index (χ3n) is 1.96. The zero-order valence-corrected chi connectivity index (χ0v) is 9.58. The molecule has 0 saturated heterocycles. The van der Waals surface area contributed by atoms with Gasteiger partial charge in [-0.1, -0.05) is 0 Å². The van der Waals surface area contributed by atoms with E-state index in [1.54, 1.807) is 0 Å². The van der Waals surface area contributed by atoms with Crippen molar-refractivity contribution in [1.82, 2.24) is 0 Å². The number of ether oxygens (including phenoxy) is 1. The predicted molar refractivity (Wildman–Crippen MR) is 57.9 cm³/mol. The summed E-state index contributed by atoms with van der Waals surface area (Å²) in [6.45, 7) is 5.65. The summed E-state index contributed by atoms with van der Waals surface area (Å²) in [6, 6.07) is 3.57. The van der Waals surface area contributed by atoms with Gasteiger partial charge in [-0.05, 0) is 44.5 Å². The smallest absolute Gasteiger partial charge is 0.336 e. The van der Waals surface area contributed by atoms with Gasteiger partial charge in [-0.2, -0.15) is 0 Å². The fourth-order valence-electron chi connectivity index (χ4n) is 1.18. The second-order valence-electron chi connectivity index (χ2n) is 4.51. The molecule has 3 nitrogen and oxygen atoms in total. The fraction of sp³-hybridized carbons (Fsp3) is 0.417. The lowest BCUT2D eigenvalue weighted by Gasteiger charge is -2.20. The van der Waals surface area contributed by atoms with Crippen LogP contribution in [-0.4, -0.2) is 16.7 Å². The summed E-state index contributed by atoms with van der Waals surface area (Å²) in [5.74, 6) is -1.54. The first-order valence-corrected chi connectivity index (χ1v) is 4.95. The van der Waals surface area contributed by atoms with E-state index in [9.17, 15) is 9.18 Å². The Hall–Kier alpha value is -1.42. The summed E-state index contributed by atoms with van der Waals surface area (Å²) in [5, 5.41) is 8.91. The zero-order valence-electron chi connectivity index (χ0n) is 9.58. The van der Waals surface area contributed by atoms with Crippen LogP contribution in [0.25, 0.3) is 0 Å². The summed E-state index contributed by atoms with van der Waals surface area (Å²) in [7, 11) is 0. The molecule has 1 rings (SSSR count). The lowest BCUT2D eigenvalue weighted by Crippen LogP contribution is -2.19. The van der Waals surface area contributed by atoms with Crippen molar-refractivity contribution in [2.45, 2.75) is 33.0 Å². The van der Waals surface area contributed by atoms with Gasteiger partial charge in [0.25, 0.3) is 0 Å². The van der Waals surface area contributed by atoms with Gasteiger partial charge in [0.1, 0.15) is 5.82 Å². The van der Waals surface area contributed by atoms with Gasteiger partial charge in [0.05, 0.1) is 17.8 Å². The van der Waals surface area contributed by atoms with E-state index in [1.165, 1.54) is 12.1 Å². The van der Waals surface area contributed by atoms with Gasteiger partial charge < -0.3 is 9.84 Å². The Bertz CT molecular complexity index is 394. The zero-order chi connectivity index (χ0) is 12.3. The number of rotatable bonds is 3. The van der Waals surface area contributed by atoms with Crippen LogP contribution in [0.15, 0.2) is 18.2 Å². The highest BCUT2D eigenvalue weighted by atomic mass is 19.1. The molecular formula is C12H15FO3. The third-order valence-corrected chi connectivity index (χ3v) is 1.96. The van der Waals surface area contributed by atoms with Crippen LogP contribution < -0.4 is 0 Å². The van der Waals surface area contributed by atoms with E-state index in [4.69, 9.17) is 9.84 Å². The average molecular weight is 226 g/mol. The minimum absolute atomic E-state index is 0.0747. The molecule has 4 heteroatoms. The van der Waals surface area contributed by atoms with Gasteiger partial charge in [-0.25, -0.2) is 9.18 Å².